The van der Waals surface area contributed by atoms with Crippen molar-refractivity contribution >= 4 is 17.5 Å². The number of hydrogen-bond acceptors (Lipinski definition) is 3. The molecule has 1 N–H and O–H groups in total. The first kappa shape index (κ1) is 16.0. The lowest BCUT2D eigenvalue weighted by atomic mass is 10.0. The first-order valence-electron chi connectivity index (χ1n) is 8.39. The molecule has 23 heavy (non-hydrogen) atoms. The fraction of sp³-hybridized carbons (Fsp3) is 0.556. The zero-order chi connectivity index (χ0) is 16.4. The largest absolute Gasteiger partial charge is 0.355 e. The standard InChI is InChI=1S/C18H25N3O2/c1-20(2)11-9-19-17(22)14-12-15(14)18(23)21-10-5-7-13-6-3-4-8-16(13)21/h3-4,6,8,14-15H,5,7,9-12H2,1-2H3,(H,19,22). The highest BCUT2D eigenvalue weighted by atomic mass is 16.2. The third-order valence-corrected chi connectivity index (χ3v) is 4.68. The zero-order valence-electron chi connectivity index (χ0n) is 13.9. The van der Waals surface area contributed by atoms with Crippen LogP contribution in [0.2, 0.25) is 0 Å². The van der Waals surface area contributed by atoms with Gasteiger partial charge in [-0.05, 0) is 45.0 Å². The van der Waals surface area contributed by atoms with Crippen LogP contribution in [0.3, 0.4) is 0 Å². The number of rotatable bonds is 5. The summed E-state index contributed by atoms with van der Waals surface area (Å²) in [6.07, 6.45) is 2.71. The number of nitrogens with zero attached hydrogens (tertiary/aromatic N) is 2. The van der Waals surface area contributed by atoms with Gasteiger partial charge in [0, 0.05) is 25.3 Å². The Morgan fingerprint density at radius 1 is 1.26 bits per heavy atom. The van der Waals surface area contributed by atoms with E-state index in [0.29, 0.717) is 13.0 Å². The summed E-state index contributed by atoms with van der Waals surface area (Å²) in [5.41, 5.74) is 2.27. The van der Waals surface area contributed by atoms with Crippen molar-refractivity contribution < 1.29 is 9.59 Å². The highest BCUT2D eigenvalue weighted by Crippen LogP contribution is 2.42. The zero-order valence-corrected chi connectivity index (χ0v) is 13.9. The van der Waals surface area contributed by atoms with Crippen LogP contribution in [-0.4, -0.2) is 50.4 Å². The van der Waals surface area contributed by atoms with Crippen LogP contribution in [0.15, 0.2) is 24.3 Å². The van der Waals surface area contributed by atoms with Crippen LogP contribution < -0.4 is 10.2 Å². The van der Waals surface area contributed by atoms with Gasteiger partial charge in [-0.2, -0.15) is 0 Å². The van der Waals surface area contributed by atoms with Gasteiger partial charge in [0.15, 0.2) is 0 Å². The summed E-state index contributed by atoms with van der Waals surface area (Å²) in [6, 6.07) is 8.10. The molecule has 1 aromatic rings. The highest BCUT2D eigenvalue weighted by molar-refractivity contribution is 6.01. The summed E-state index contributed by atoms with van der Waals surface area (Å²) in [5.74, 6) is -0.139. The summed E-state index contributed by atoms with van der Waals surface area (Å²) in [6.45, 7) is 2.22. The number of nitrogens with one attached hydrogen (secondary N) is 1. The number of likely N-dealkylation sites (N-methyl/N-ethyl adjacent to an activating group) is 1. The van der Waals surface area contributed by atoms with Gasteiger partial charge in [-0.3, -0.25) is 9.59 Å². The van der Waals surface area contributed by atoms with Crippen LogP contribution in [0, 0.1) is 11.8 Å². The van der Waals surface area contributed by atoms with Crippen LogP contribution in [0.5, 0.6) is 0 Å². The summed E-state index contributed by atoms with van der Waals surface area (Å²) in [5, 5.41) is 2.93. The molecule has 1 aromatic carbocycles. The molecular weight excluding hydrogens is 290 g/mol. The number of carbonyl (C=O) groups is 2. The molecule has 0 saturated heterocycles. The molecule has 0 spiro atoms. The SMILES string of the molecule is CN(C)CCNC(=O)C1CC1C(=O)N1CCCc2ccccc21. The first-order valence-corrected chi connectivity index (χ1v) is 8.39. The number of aryl methyl sites for hydroxylation is 1. The Bertz CT molecular complexity index is 600. The van der Waals surface area contributed by atoms with Crippen LogP contribution in [0.4, 0.5) is 5.69 Å². The van der Waals surface area contributed by atoms with E-state index in [0.717, 1.165) is 31.6 Å². The van der Waals surface area contributed by atoms with Gasteiger partial charge in [0.05, 0.1) is 11.8 Å². The number of benzene rings is 1. The van der Waals surface area contributed by atoms with Crippen molar-refractivity contribution in [2.45, 2.75) is 19.3 Å². The Kier molecular flexibility index (Phi) is 4.66. The van der Waals surface area contributed by atoms with Gasteiger partial charge in [-0.15, -0.1) is 0 Å². The molecule has 2 aliphatic rings. The summed E-state index contributed by atoms with van der Waals surface area (Å²) < 4.78 is 0. The lowest BCUT2D eigenvalue weighted by Crippen LogP contribution is -2.38. The molecule has 0 aromatic heterocycles. The maximum atomic E-state index is 12.8. The van der Waals surface area contributed by atoms with Gasteiger partial charge in [-0.25, -0.2) is 0 Å². The molecule has 2 amide bonds. The molecular formula is C18H25N3O2. The molecule has 1 saturated carbocycles. The van der Waals surface area contributed by atoms with E-state index in [4.69, 9.17) is 0 Å². The lowest BCUT2D eigenvalue weighted by Gasteiger charge is -2.29. The van der Waals surface area contributed by atoms with E-state index in [-0.39, 0.29) is 23.7 Å². The van der Waals surface area contributed by atoms with Crippen LogP contribution in [0.25, 0.3) is 0 Å². The third kappa shape index (κ3) is 3.55. The van der Waals surface area contributed by atoms with Gasteiger partial charge in [0.1, 0.15) is 0 Å². The molecule has 0 radical (unpaired) electrons. The monoisotopic (exact) mass is 315 g/mol. The minimum Gasteiger partial charge on any atom is -0.355 e. The molecule has 0 bridgehead atoms. The van der Waals surface area contributed by atoms with Crippen LogP contribution >= 0.6 is 0 Å². The predicted molar refractivity (Wildman–Crippen MR) is 90.3 cm³/mol. The fourth-order valence-electron chi connectivity index (χ4n) is 3.25. The Hall–Kier alpha value is -1.88. The van der Waals surface area contributed by atoms with Gasteiger partial charge >= 0.3 is 0 Å². The molecule has 1 heterocycles. The van der Waals surface area contributed by atoms with Crippen molar-refractivity contribution in [1.29, 1.82) is 0 Å². The van der Waals surface area contributed by atoms with E-state index in [1.54, 1.807) is 0 Å². The Labute approximate surface area is 137 Å². The smallest absolute Gasteiger partial charge is 0.230 e. The maximum absolute atomic E-state index is 12.8. The molecule has 3 rings (SSSR count). The average Bonchev–Trinajstić information content (AvgIpc) is 3.34. The highest BCUT2D eigenvalue weighted by Gasteiger charge is 2.49. The second-order valence-corrected chi connectivity index (χ2v) is 6.77. The Balaban J connectivity index is 1.58. The van der Waals surface area contributed by atoms with Gasteiger partial charge in [0.2, 0.25) is 11.8 Å². The number of anilines is 1. The number of hydrogen-bond donors (Lipinski definition) is 1. The van der Waals surface area contributed by atoms with E-state index in [1.807, 2.05) is 42.1 Å². The topological polar surface area (TPSA) is 52.7 Å². The number of amides is 2. The van der Waals surface area contributed by atoms with E-state index in [9.17, 15) is 9.59 Å². The van der Waals surface area contributed by atoms with Gasteiger partial charge < -0.3 is 15.1 Å². The average molecular weight is 315 g/mol. The van der Waals surface area contributed by atoms with Crippen molar-refractivity contribution in [3.63, 3.8) is 0 Å². The van der Waals surface area contributed by atoms with Crippen molar-refractivity contribution in [3.05, 3.63) is 29.8 Å². The molecule has 2 unspecified atom stereocenters. The van der Waals surface area contributed by atoms with Crippen molar-refractivity contribution in [1.82, 2.24) is 10.2 Å². The maximum Gasteiger partial charge on any atom is 0.230 e. The molecule has 1 aliphatic heterocycles. The van der Waals surface area contributed by atoms with Crippen molar-refractivity contribution in [3.8, 4) is 0 Å². The Morgan fingerprint density at radius 2 is 2.04 bits per heavy atom. The second-order valence-electron chi connectivity index (χ2n) is 6.77. The van der Waals surface area contributed by atoms with E-state index < -0.39 is 0 Å². The number of fused-ring (bicyclic) bond motifs is 1. The molecule has 124 valence electrons. The summed E-state index contributed by atoms with van der Waals surface area (Å²) in [7, 11) is 3.95. The molecule has 5 heteroatoms. The van der Waals surface area contributed by atoms with E-state index >= 15 is 0 Å². The van der Waals surface area contributed by atoms with Crippen molar-refractivity contribution in [2.24, 2.45) is 11.8 Å². The lowest BCUT2D eigenvalue weighted by molar-refractivity contribution is -0.126. The van der Waals surface area contributed by atoms with Crippen LogP contribution in [0.1, 0.15) is 18.4 Å². The van der Waals surface area contributed by atoms with Crippen molar-refractivity contribution in [2.75, 3.05) is 38.6 Å². The van der Waals surface area contributed by atoms with Gasteiger partial charge in [0.25, 0.3) is 0 Å². The van der Waals surface area contributed by atoms with Crippen LogP contribution in [-0.2, 0) is 16.0 Å². The Morgan fingerprint density at radius 3 is 2.83 bits per heavy atom. The minimum absolute atomic E-state index is 0.0236. The molecule has 1 aliphatic carbocycles. The quantitative estimate of drug-likeness (QED) is 0.890. The normalized spacial score (nSPS) is 22.7. The predicted octanol–water partition coefficient (Wildman–Crippen LogP) is 1.28. The molecule has 5 nitrogen and oxygen atoms in total. The number of para-hydroxylation sites is 1. The summed E-state index contributed by atoms with van der Waals surface area (Å²) in [4.78, 5) is 28.8. The minimum atomic E-state index is -0.140. The fourth-order valence-corrected chi connectivity index (χ4v) is 3.25. The number of carbonyl (C=O) groups excluding carboxylic acids is 2. The second kappa shape index (κ2) is 6.71. The molecule has 2 atom stereocenters. The van der Waals surface area contributed by atoms with Gasteiger partial charge in [-0.1, -0.05) is 18.2 Å². The third-order valence-electron chi connectivity index (χ3n) is 4.68. The molecule has 1 fully saturated rings. The van der Waals surface area contributed by atoms with E-state index in [2.05, 4.69) is 11.4 Å². The summed E-state index contributed by atoms with van der Waals surface area (Å²) >= 11 is 0. The first-order chi connectivity index (χ1) is 11.1. The van der Waals surface area contributed by atoms with E-state index in [1.165, 1.54) is 5.56 Å².